The highest BCUT2D eigenvalue weighted by Gasteiger charge is 2.29. The van der Waals surface area contributed by atoms with Crippen molar-refractivity contribution < 1.29 is 22.7 Å². The summed E-state index contributed by atoms with van der Waals surface area (Å²) in [5, 5.41) is 6.50. The van der Waals surface area contributed by atoms with E-state index in [1.54, 1.807) is 18.2 Å². The van der Waals surface area contributed by atoms with Crippen LogP contribution in [0.15, 0.2) is 29.3 Å². The zero-order valence-corrected chi connectivity index (χ0v) is 17.1. The van der Waals surface area contributed by atoms with E-state index in [4.69, 9.17) is 4.74 Å². The van der Waals surface area contributed by atoms with E-state index in [2.05, 4.69) is 15.6 Å². The van der Waals surface area contributed by atoms with Crippen LogP contribution in [0.4, 0.5) is 13.2 Å². The summed E-state index contributed by atoms with van der Waals surface area (Å²) in [6.45, 7) is 6.71. The maximum atomic E-state index is 12.3. The number of aliphatic imine (C=N–C) groups is 1. The van der Waals surface area contributed by atoms with Gasteiger partial charge in [-0.25, -0.2) is 4.99 Å². The number of hydrogen-bond acceptors (Lipinski definition) is 3. The van der Waals surface area contributed by atoms with Gasteiger partial charge in [0.05, 0.1) is 6.54 Å². The molecule has 0 radical (unpaired) electrons. The predicted molar refractivity (Wildman–Crippen MR) is 106 cm³/mol. The van der Waals surface area contributed by atoms with Crippen molar-refractivity contribution in [1.82, 2.24) is 15.5 Å². The number of nitrogens with one attached hydrogen (secondary N) is 2. The highest BCUT2D eigenvalue weighted by molar-refractivity contribution is 5.81. The van der Waals surface area contributed by atoms with Crippen molar-refractivity contribution in [2.45, 2.75) is 46.0 Å². The molecule has 0 saturated carbocycles. The summed E-state index contributed by atoms with van der Waals surface area (Å²) in [6, 6.07) is 6.57. The fraction of sp³-hybridized carbons (Fsp3) is 0.600. The molecule has 29 heavy (non-hydrogen) atoms. The normalized spacial score (nSPS) is 17.6. The van der Waals surface area contributed by atoms with Gasteiger partial charge in [-0.15, -0.1) is 0 Å². The van der Waals surface area contributed by atoms with Crippen molar-refractivity contribution in [2.75, 3.05) is 26.2 Å². The molecule has 0 aliphatic carbocycles. The highest BCUT2D eigenvalue weighted by atomic mass is 19.4. The van der Waals surface area contributed by atoms with Crippen LogP contribution in [0, 0.1) is 5.92 Å². The number of rotatable bonds is 7. The lowest BCUT2D eigenvalue weighted by molar-refractivity contribution is -0.153. The van der Waals surface area contributed by atoms with E-state index >= 15 is 0 Å². The molecule has 2 N–H and O–H groups in total. The molecule has 0 spiro atoms. The quantitative estimate of drug-likeness (QED) is 0.532. The lowest BCUT2D eigenvalue weighted by Gasteiger charge is -2.20. The third-order valence-corrected chi connectivity index (χ3v) is 4.40. The van der Waals surface area contributed by atoms with Crippen molar-refractivity contribution in [3.8, 4) is 5.75 Å². The Morgan fingerprint density at radius 1 is 1.38 bits per heavy atom. The molecular formula is C20H29F3N4O2. The molecule has 1 saturated heterocycles. The second-order valence-corrected chi connectivity index (χ2v) is 7.32. The molecule has 9 heteroatoms. The molecule has 1 aliphatic heterocycles. The number of amides is 1. The van der Waals surface area contributed by atoms with Crippen LogP contribution in [0.25, 0.3) is 0 Å². The Kier molecular flexibility index (Phi) is 8.16. The smallest absolute Gasteiger partial charge is 0.422 e. The summed E-state index contributed by atoms with van der Waals surface area (Å²) >= 11 is 0. The molecule has 1 fully saturated rings. The first kappa shape index (κ1) is 22.8. The fourth-order valence-corrected chi connectivity index (χ4v) is 3.03. The van der Waals surface area contributed by atoms with E-state index in [1.165, 1.54) is 6.07 Å². The number of halogens is 3. The number of carbonyl (C=O) groups excluding carboxylic acids is 1. The highest BCUT2D eigenvalue weighted by Crippen LogP contribution is 2.20. The first-order chi connectivity index (χ1) is 13.7. The van der Waals surface area contributed by atoms with Crippen LogP contribution in [0.3, 0.4) is 0 Å². The summed E-state index contributed by atoms with van der Waals surface area (Å²) in [4.78, 5) is 18.5. The Morgan fingerprint density at radius 2 is 2.14 bits per heavy atom. The largest absolute Gasteiger partial charge is 0.484 e. The van der Waals surface area contributed by atoms with Crippen LogP contribution < -0.4 is 15.4 Å². The van der Waals surface area contributed by atoms with Crippen molar-refractivity contribution in [3.63, 3.8) is 0 Å². The van der Waals surface area contributed by atoms with Crippen LogP contribution in [0.1, 0.15) is 32.8 Å². The van der Waals surface area contributed by atoms with Gasteiger partial charge in [-0.05, 0) is 31.0 Å². The van der Waals surface area contributed by atoms with Crippen molar-refractivity contribution in [2.24, 2.45) is 10.9 Å². The molecular weight excluding hydrogens is 385 g/mol. The number of hydrogen-bond donors (Lipinski definition) is 2. The SMILES string of the molecule is CCNC(=NCc1cccc(OCC(F)(F)F)c1)NC1CCN(C(=O)C(C)C)C1. The summed E-state index contributed by atoms with van der Waals surface area (Å²) in [7, 11) is 0. The van der Waals surface area contributed by atoms with E-state index in [1.807, 2.05) is 25.7 Å². The van der Waals surface area contributed by atoms with Gasteiger partial charge in [-0.1, -0.05) is 26.0 Å². The first-order valence-electron chi connectivity index (χ1n) is 9.80. The molecule has 1 atom stereocenters. The van der Waals surface area contributed by atoms with E-state index in [0.717, 1.165) is 12.0 Å². The minimum absolute atomic E-state index is 0.0255. The van der Waals surface area contributed by atoms with E-state index < -0.39 is 12.8 Å². The van der Waals surface area contributed by atoms with Gasteiger partial charge in [0, 0.05) is 31.6 Å². The summed E-state index contributed by atoms with van der Waals surface area (Å²) in [6.07, 6.45) is -3.54. The van der Waals surface area contributed by atoms with Gasteiger partial charge < -0.3 is 20.3 Å². The lowest BCUT2D eigenvalue weighted by Crippen LogP contribution is -2.45. The molecule has 162 valence electrons. The third-order valence-electron chi connectivity index (χ3n) is 4.40. The summed E-state index contributed by atoms with van der Waals surface area (Å²) in [5.74, 6) is 0.888. The van der Waals surface area contributed by atoms with E-state index in [0.29, 0.717) is 32.1 Å². The number of likely N-dealkylation sites (tertiary alicyclic amines) is 1. The minimum Gasteiger partial charge on any atom is -0.484 e. The second kappa shape index (κ2) is 10.4. The standard InChI is InChI=1S/C20H29F3N4O2/c1-4-24-19(26-16-8-9-27(12-16)18(28)14(2)3)25-11-15-6-5-7-17(10-15)29-13-20(21,22)23/h5-7,10,14,16H,4,8-9,11-13H2,1-3H3,(H2,24,25,26). The topological polar surface area (TPSA) is 66.0 Å². The van der Waals surface area contributed by atoms with Gasteiger partial charge in [0.1, 0.15) is 5.75 Å². The van der Waals surface area contributed by atoms with Gasteiger partial charge >= 0.3 is 6.18 Å². The number of ether oxygens (including phenoxy) is 1. The van der Waals surface area contributed by atoms with Crippen molar-refractivity contribution in [3.05, 3.63) is 29.8 Å². The van der Waals surface area contributed by atoms with Crippen LogP contribution in [0.5, 0.6) is 5.75 Å². The molecule has 1 amide bonds. The number of benzene rings is 1. The molecule has 1 heterocycles. The van der Waals surface area contributed by atoms with Crippen LogP contribution >= 0.6 is 0 Å². The zero-order valence-electron chi connectivity index (χ0n) is 17.1. The number of guanidine groups is 1. The van der Waals surface area contributed by atoms with Crippen molar-refractivity contribution in [1.29, 1.82) is 0 Å². The van der Waals surface area contributed by atoms with Gasteiger partial charge in [0.2, 0.25) is 5.91 Å². The monoisotopic (exact) mass is 414 g/mol. The predicted octanol–water partition coefficient (Wildman–Crippen LogP) is 2.94. The average Bonchev–Trinajstić information content (AvgIpc) is 3.12. The molecule has 1 aromatic carbocycles. The van der Waals surface area contributed by atoms with Crippen molar-refractivity contribution >= 4 is 11.9 Å². The average molecular weight is 414 g/mol. The van der Waals surface area contributed by atoms with Gasteiger partial charge in [0.15, 0.2) is 12.6 Å². The fourth-order valence-electron chi connectivity index (χ4n) is 3.03. The van der Waals surface area contributed by atoms with Crippen LogP contribution in [0.2, 0.25) is 0 Å². The van der Waals surface area contributed by atoms with E-state index in [-0.39, 0.29) is 23.6 Å². The third kappa shape index (κ3) is 7.83. The Hall–Kier alpha value is -2.45. The first-order valence-corrected chi connectivity index (χ1v) is 9.80. The van der Waals surface area contributed by atoms with Crippen LogP contribution in [-0.2, 0) is 11.3 Å². The summed E-state index contributed by atoms with van der Waals surface area (Å²) in [5.41, 5.74) is 0.741. The Balaban J connectivity index is 1.95. The summed E-state index contributed by atoms with van der Waals surface area (Å²) < 4.78 is 41.7. The van der Waals surface area contributed by atoms with Gasteiger partial charge in [-0.3, -0.25) is 4.79 Å². The van der Waals surface area contributed by atoms with E-state index in [9.17, 15) is 18.0 Å². The number of nitrogens with zero attached hydrogens (tertiary/aromatic N) is 2. The molecule has 0 aromatic heterocycles. The lowest BCUT2D eigenvalue weighted by atomic mass is 10.2. The second-order valence-electron chi connectivity index (χ2n) is 7.32. The molecule has 1 aromatic rings. The molecule has 2 rings (SSSR count). The maximum absolute atomic E-state index is 12.3. The minimum atomic E-state index is -4.37. The molecule has 6 nitrogen and oxygen atoms in total. The molecule has 1 aliphatic rings. The van der Waals surface area contributed by atoms with Gasteiger partial charge in [-0.2, -0.15) is 13.2 Å². The Morgan fingerprint density at radius 3 is 2.79 bits per heavy atom. The maximum Gasteiger partial charge on any atom is 0.422 e. The van der Waals surface area contributed by atoms with Crippen LogP contribution in [-0.4, -0.2) is 55.2 Å². The number of carbonyl (C=O) groups is 1. The molecule has 0 bridgehead atoms. The molecule has 1 unspecified atom stereocenters. The number of alkyl halides is 3. The van der Waals surface area contributed by atoms with Gasteiger partial charge in [0.25, 0.3) is 0 Å². The Bertz CT molecular complexity index is 707. The Labute approximate surface area is 169 Å². The zero-order chi connectivity index (χ0) is 21.4.